The van der Waals surface area contributed by atoms with E-state index < -0.39 is 16.1 Å². The molecule has 7 nitrogen and oxygen atoms in total. The Morgan fingerprint density at radius 1 is 0.969 bits per heavy atom. The van der Waals surface area contributed by atoms with Crippen molar-refractivity contribution in [3.05, 3.63) is 66.2 Å². The summed E-state index contributed by atoms with van der Waals surface area (Å²) in [5, 5.41) is 2.81. The molecule has 0 radical (unpaired) electrons. The van der Waals surface area contributed by atoms with Gasteiger partial charge in [0.15, 0.2) is 0 Å². The summed E-state index contributed by atoms with van der Waals surface area (Å²) in [6.07, 6.45) is 1.00. The quantitative estimate of drug-likeness (QED) is 0.529. The topological polar surface area (TPSA) is 86.8 Å². The van der Waals surface area contributed by atoms with Crippen LogP contribution in [0.2, 0.25) is 0 Å². The zero-order valence-electron chi connectivity index (χ0n) is 19.0. The molecule has 0 aliphatic rings. The van der Waals surface area contributed by atoms with Crippen molar-refractivity contribution < 1.29 is 18.0 Å². The predicted molar refractivity (Wildman–Crippen MR) is 125 cm³/mol. The SMILES string of the molecule is CCNC(=O)C(CC)N(Cc1ccccc1)C(=O)CCCN(C)S(=O)(=O)c1ccccc1. The molecule has 0 spiro atoms. The van der Waals surface area contributed by atoms with Crippen LogP contribution in [0.1, 0.15) is 38.7 Å². The van der Waals surface area contributed by atoms with Gasteiger partial charge in [-0.25, -0.2) is 12.7 Å². The summed E-state index contributed by atoms with van der Waals surface area (Å²) < 4.78 is 26.6. The largest absolute Gasteiger partial charge is 0.355 e. The molecule has 2 amide bonds. The molecule has 2 rings (SSSR count). The maximum absolute atomic E-state index is 13.1. The molecule has 8 heteroatoms. The second-order valence-electron chi connectivity index (χ2n) is 7.57. The summed E-state index contributed by atoms with van der Waals surface area (Å²) in [7, 11) is -2.09. The first kappa shape index (κ1) is 25.5. The Kier molecular flexibility index (Phi) is 9.87. The highest BCUT2D eigenvalue weighted by molar-refractivity contribution is 7.89. The minimum absolute atomic E-state index is 0.150. The summed E-state index contributed by atoms with van der Waals surface area (Å²) in [4.78, 5) is 27.6. The molecule has 0 aliphatic carbocycles. The molecule has 1 N–H and O–H groups in total. The van der Waals surface area contributed by atoms with Gasteiger partial charge in [-0.1, -0.05) is 55.5 Å². The number of hydrogen-bond donors (Lipinski definition) is 1. The van der Waals surface area contributed by atoms with Gasteiger partial charge in [-0.05, 0) is 37.5 Å². The molecule has 32 heavy (non-hydrogen) atoms. The first-order chi connectivity index (χ1) is 15.3. The van der Waals surface area contributed by atoms with E-state index in [0.29, 0.717) is 25.9 Å². The minimum Gasteiger partial charge on any atom is -0.355 e. The lowest BCUT2D eigenvalue weighted by Gasteiger charge is -2.31. The number of amides is 2. The van der Waals surface area contributed by atoms with Crippen LogP contribution in [0.4, 0.5) is 0 Å². The molecule has 1 unspecified atom stereocenters. The molecular formula is C24H33N3O4S. The average molecular weight is 460 g/mol. The minimum atomic E-state index is -3.60. The van der Waals surface area contributed by atoms with Crippen molar-refractivity contribution >= 4 is 21.8 Å². The number of hydrogen-bond acceptors (Lipinski definition) is 4. The van der Waals surface area contributed by atoms with E-state index in [1.54, 1.807) is 35.2 Å². The van der Waals surface area contributed by atoms with E-state index in [-0.39, 0.29) is 29.7 Å². The number of rotatable bonds is 12. The van der Waals surface area contributed by atoms with Crippen LogP contribution in [0.25, 0.3) is 0 Å². The van der Waals surface area contributed by atoms with Gasteiger partial charge in [0.2, 0.25) is 21.8 Å². The van der Waals surface area contributed by atoms with Crippen molar-refractivity contribution in [2.45, 2.75) is 50.6 Å². The predicted octanol–water partition coefficient (Wildman–Crippen LogP) is 3.03. The molecule has 2 aromatic carbocycles. The van der Waals surface area contributed by atoms with Gasteiger partial charge in [-0.2, -0.15) is 0 Å². The Balaban J connectivity index is 2.07. The second-order valence-corrected chi connectivity index (χ2v) is 9.61. The van der Waals surface area contributed by atoms with E-state index in [4.69, 9.17) is 0 Å². The lowest BCUT2D eigenvalue weighted by molar-refractivity contribution is -0.141. The van der Waals surface area contributed by atoms with Crippen LogP contribution in [-0.2, 0) is 26.2 Å². The fraction of sp³-hybridized carbons (Fsp3) is 0.417. The lowest BCUT2D eigenvalue weighted by atomic mass is 10.1. The Labute approximate surface area is 191 Å². The number of sulfonamides is 1. The van der Waals surface area contributed by atoms with E-state index in [0.717, 1.165) is 5.56 Å². The van der Waals surface area contributed by atoms with Crippen LogP contribution in [0.5, 0.6) is 0 Å². The maximum Gasteiger partial charge on any atom is 0.242 e. The lowest BCUT2D eigenvalue weighted by Crippen LogP contribution is -2.49. The summed E-state index contributed by atoms with van der Waals surface area (Å²) in [6.45, 7) is 4.75. The van der Waals surface area contributed by atoms with Crippen LogP contribution in [0, 0.1) is 0 Å². The van der Waals surface area contributed by atoms with Gasteiger partial charge in [0.25, 0.3) is 0 Å². The van der Waals surface area contributed by atoms with Gasteiger partial charge >= 0.3 is 0 Å². The standard InChI is InChI=1S/C24H33N3O4S/c1-4-22(24(29)25-5-2)27(19-20-13-8-6-9-14-20)23(28)17-12-18-26(3)32(30,31)21-15-10-7-11-16-21/h6-11,13-16,22H,4-5,12,17-19H2,1-3H3,(H,25,29). The van der Waals surface area contributed by atoms with Gasteiger partial charge in [0.05, 0.1) is 4.90 Å². The van der Waals surface area contributed by atoms with Crippen LogP contribution in [0.3, 0.4) is 0 Å². The number of carbonyl (C=O) groups is 2. The summed E-state index contributed by atoms with van der Waals surface area (Å²) in [5.74, 6) is -0.347. The second kappa shape index (κ2) is 12.4. The van der Waals surface area contributed by atoms with Crippen molar-refractivity contribution in [3.63, 3.8) is 0 Å². The molecule has 0 heterocycles. The fourth-order valence-corrected chi connectivity index (χ4v) is 4.71. The number of carbonyl (C=O) groups excluding carboxylic acids is 2. The van der Waals surface area contributed by atoms with E-state index >= 15 is 0 Å². The third-order valence-corrected chi connectivity index (χ3v) is 7.12. The highest BCUT2D eigenvalue weighted by Crippen LogP contribution is 2.17. The molecule has 0 saturated heterocycles. The average Bonchev–Trinajstić information content (AvgIpc) is 2.80. The van der Waals surface area contributed by atoms with Crippen molar-refractivity contribution in [2.24, 2.45) is 0 Å². The van der Waals surface area contributed by atoms with Crippen molar-refractivity contribution in [1.82, 2.24) is 14.5 Å². The van der Waals surface area contributed by atoms with Crippen LogP contribution in [0.15, 0.2) is 65.6 Å². The molecule has 0 aromatic heterocycles. The molecule has 0 saturated carbocycles. The number of benzene rings is 2. The third-order valence-electron chi connectivity index (χ3n) is 5.25. The first-order valence-electron chi connectivity index (χ1n) is 10.9. The van der Waals surface area contributed by atoms with Gasteiger partial charge in [0, 0.05) is 33.1 Å². The highest BCUT2D eigenvalue weighted by Gasteiger charge is 2.28. The van der Waals surface area contributed by atoms with E-state index in [1.165, 1.54) is 11.4 Å². The van der Waals surface area contributed by atoms with Crippen molar-refractivity contribution in [1.29, 1.82) is 0 Å². The van der Waals surface area contributed by atoms with Crippen molar-refractivity contribution in [2.75, 3.05) is 20.1 Å². The molecule has 0 aliphatic heterocycles. The highest BCUT2D eigenvalue weighted by atomic mass is 32.2. The van der Waals surface area contributed by atoms with Crippen LogP contribution < -0.4 is 5.32 Å². The molecule has 174 valence electrons. The van der Waals surface area contributed by atoms with Gasteiger partial charge in [-0.3, -0.25) is 9.59 Å². The summed E-state index contributed by atoms with van der Waals surface area (Å²) >= 11 is 0. The van der Waals surface area contributed by atoms with Gasteiger partial charge in [0.1, 0.15) is 6.04 Å². The van der Waals surface area contributed by atoms with Crippen LogP contribution in [-0.4, -0.2) is 55.6 Å². The Morgan fingerprint density at radius 2 is 1.56 bits per heavy atom. The molecule has 0 bridgehead atoms. The Bertz CT molecular complexity index is 965. The molecule has 1 atom stereocenters. The van der Waals surface area contributed by atoms with E-state index in [1.807, 2.05) is 44.2 Å². The fourth-order valence-electron chi connectivity index (χ4n) is 3.48. The van der Waals surface area contributed by atoms with Gasteiger partial charge < -0.3 is 10.2 Å². The van der Waals surface area contributed by atoms with Gasteiger partial charge in [-0.15, -0.1) is 0 Å². The van der Waals surface area contributed by atoms with E-state index in [9.17, 15) is 18.0 Å². The number of nitrogens with one attached hydrogen (secondary N) is 1. The van der Waals surface area contributed by atoms with Crippen LogP contribution >= 0.6 is 0 Å². The number of likely N-dealkylation sites (N-methyl/N-ethyl adjacent to an activating group) is 1. The molecular weight excluding hydrogens is 426 g/mol. The monoisotopic (exact) mass is 459 g/mol. The Hall–Kier alpha value is -2.71. The third kappa shape index (κ3) is 6.90. The van der Waals surface area contributed by atoms with Crippen molar-refractivity contribution in [3.8, 4) is 0 Å². The summed E-state index contributed by atoms with van der Waals surface area (Å²) in [6, 6.07) is 17.2. The van der Waals surface area contributed by atoms with E-state index in [2.05, 4.69) is 5.32 Å². The Morgan fingerprint density at radius 3 is 2.12 bits per heavy atom. The first-order valence-corrected chi connectivity index (χ1v) is 12.4. The molecule has 2 aromatic rings. The molecule has 0 fully saturated rings. The summed E-state index contributed by atoms with van der Waals surface area (Å²) in [5.41, 5.74) is 0.937. The maximum atomic E-state index is 13.1. The normalized spacial score (nSPS) is 12.4. The smallest absolute Gasteiger partial charge is 0.242 e. The number of nitrogens with zero attached hydrogens (tertiary/aromatic N) is 2. The zero-order valence-corrected chi connectivity index (χ0v) is 19.8. The zero-order chi connectivity index (χ0) is 23.6.